The molecule has 0 saturated heterocycles. The molecule has 138 valence electrons. The van der Waals surface area contributed by atoms with E-state index in [0.29, 0.717) is 6.61 Å². The van der Waals surface area contributed by atoms with Crippen molar-refractivity contribution in [2.45, 2.75) is 46.3 Å². The van der Waals surface area contributed by atoms with E-state index in [4.69, 9.17) is 9.47 Å². The predicted octanol–water partition coefficient (Wildman–Crippen LogP) is 5.28. The molecule has 3 nitrogen and oxygen atoms in total. The molecule has 0 heterocycles. The van der Waals surface area contributed by atoms with E-state index in [-0.39, 0.29) is 12.4 Å². The Kier molecular flexibility index (Phi) is 10.0. The first-order valence-electron chi connectivity index (χ1n) is 8.79. The summed E-state index contributed by atoms with van der Waals surface area (Å²) in [5.41, 5.74) is 3.62. The lowest BCUT2D eigenvalue weighted by atomic mass is 10.1. The van der Waals surface area contributed by atoms with E-state index in [1.165, 1.54) is 36.0 Å². The van der Waals surface area contributed by atoms with E-state index >= 15 is 0 Å². The molecule has 0 aliphatic carbocycles. The van der Waals surface area contributed by atoms with Crippen LogP contribution < -0.4 is 14.8 Å². The fourth-order valence-corrected chi connectivity index (χ4v) is 2.64. The molecule has 0 aliphatic rings. The molecule has 0 aromatic heterocycles. The summed E-state index contributed by atoms with van der Waals surface area (Å²) >= 11 is 0. The minimum absolute atomic E-state index is 0. The molecular formula is C21H30ClNO2. The van der Waals surface area contributed by atoms with Crippen LogP contribution in [0.1, 0.15) is 42.9 Å². The van der Waals surface area contributed by atoms with Crippen molar-refractivity contribution in [2.75, 3.05) is 13.7 Å². The van der Waals surface area contributed by atoms with E-state index in [9.17, 15) is 0 Å². The minimum Gasteiger partial charge on any atom is -0.493 e. The Morgan fingerprint density at radius 2 is 1.80 bits per heavy atom. The van der Waals surface area contributed by atoms with Gasteiger partial charge in [-0.2, -0.15) is 0 Å². The van der Waals surface area contributed by atoms with Crippen LogP contribution in [0, 0.1) is 6.92 Å². The monoisotopic (exact) mass is 363 g/mol. The first-order chi connectivity index (χ1) is 11.7. The smallest absolute Gasteiger partial charge is 0.161 e. The molecule has 0 bridgehead atoms. The van der Waals surface area contributed by atoms with Crippen molar-refractivity contribution in [1.29, 1.82) is 0 Å². The van der Waals surface area contributed by atoms with Crippen LogP contribution in [-0.2, 0) is 13.2 Å². The van der Waals surface area contributed by atoms with Crippen LogP contribution in [0.15, 0.2) is 42.5 Å². The topological polar surface area (TPSA) is 30.5 Å². The highest BCUT2D eigenvalue weighted by Crippen LogP contribution is 2.29. The van der Waals surface area contributed by atoms with Gasteiger partial charge in [0, 0.05) is 6.54 Å². The highest BCUT2D eigenvalue weighted by atomic mass is 35.5. The summed E-state index contributed by atoms with van der Waals surface area (Å²) in [6, 6.07) is 14.5. The molecule has 0 saturated carbocycles. The number of benzene rings is 2. The van der Waals surface area contributed by atoms with E-state index < -0.39 is 0 Å². The first kappa shape index (κ1) is 21.3. The maximum atomic E-state index is 5.94. The van der Waals surface area contributed by atoms with E-state index in [1.54, 1.807) is 7.11 Å². The van der Waals surface area contributed by atoms with Crippen molar-refractivity contribution in [3.05, 3.63) is 59.2 Å². The Morgan fingerprint density at radius 3 is 2.52 bits per heavy atom. The molecule has 4 heteroatoms. The molecular weight excluding hydrogens is 334 g/mol. The first-order valence-corrected chi connectivity index (χ1v) is 8.79. The second-order valence-corrected chi connectivity index (χ2v) is 6.15. The molecule has 2 aromatic carbocycles. The molecule has 25 heavy (non-hydrogen) atoms. The van der Waals surface area contributed by atoms with Gasteiger partial charge in [-0.05, 0) is 43.1 Å². The summed E-state index contributed by atoms with van der Waals surface area (Å²) < 4.78 is 11.4. The molecule has 0 amide bonds. The van der Waals surface area contributed by atoms with Gasteiger partial charge in [-0.25, -0.2) is 0 Å². The zero-order valence-electron chi connectivity index (χ0n) is 15.5. The third-order valence-electron chi connectivity index (χ3n) is 3.99. The summed E-state index contributed by atoms with van der Waals surface area (Å²) in [5, 5.41) is 3.47. The van der Waals surface area contributed by atoms with Crippen LogP contribution in [-0.4, -0.2) is 13.7 Å². The fraction of sp³-hybridized carbons (Fsp3) is 0.429. The summed E-state index contributed by atoms with van der Waals surface area (Å²) in [4.78, 5) is 0. The number of hydrogen-bond acceptors (Lipinski definition) is 3. The second kappa shape index (κ2) is 11.8. The zero-order valence-corrected chi connectivity index (χ0v) is 16.3. The van der Waals surface area contributed by atoms with Crippen LogP contribution in [0.2, 0.25) is 0 Å². The maximum Gasteiger partial charge on any atom is 0.161 e. The van der Waals surface area contributed by atoms with Crippen molar-refractivity contribution < 1.29 is 9.47 Å². The molecule has 0 fully saturated rings. The summed E-state index contributed by atoms with van der Waals surface area (Å²) in [5.74, 6) is 1.57. The van der Waals surface area contributed by atoms with Gasteiger partial charge in [-0.1, -0.05) is 55.7 Å². The highest BCUT2D eigenvalue weighted by molar-refractivity contribution is 5.85. The van der Waals surface area contributed by atoms with E-state index in [1.807, 2.05) is 6.07 Å². The van der Waals surface area contributed by atoms with Crippen molar-refractivity contribution in [1.82, 2.24) is 5.32 Å². The zero-order chi connectivity index (χ0) is 17.2. The van der Waals surface area contributed by atoms with Gasteiger partial charge in [0.15, 0.2) is 11.5 Å². The van der Waals surface area contributed by atoms with Gasteiger partial charge >= 0.3 is 0 Å². The van der Waals surface area contributed by atoms with Gasteiger partial charge in [-0.15, -0.1) is 12.4 Å². The van der Waals surface area contributed by atoms with Crippen LogP contribution >= 0.6 is 12.4 Å². The average Bonchev–Trinajstić information content (AvgIpc) is 2.60. The third kappa shape index (κ3) is 7.37. The standard InChI is InChI=1S/C21H29NO2.ClH/c1-4-5-6-12-22-15-18-10-11-20(21(14-18)23-3)24-16-19-9-7-8-17(2)13-19;/h7-11,13-14,22H,4-6,12,15-16H2,1-3H3;1H. The Balaban J connectivity index is 0.00000312. The molecule has 0 atom stereocenters. The molecule has 1 N–H and O–H groups in total. The highest BCUT2D eigenvalue weighted by Gasteiger charge is 2.06. The van der Waals surface area contributed by atoms with Gasteiger partial charge in [-0.3, -0.25) is 0 Å². The maximum absolute atomic E-state index is 5.94. The lowest BCUT2D eigenvalue weighted by Crippen LogP contribution is -2.14. The Morgan fingerprint density at radius 1 is 0.960 bits per heavy atom. The third-order valence-corrected chi connectivity index (χ3v) is 3.99. The molecule has 0 aliphatic heterocycles. The number of nitrogens with one attached hydrogen (secondary N) is 1. The fourth-order valence-electron chi connectivity index (χ4n) is 2.64. The number of rotatable bonds is 10. The van der Waals surface area contributed by atoms with Crippen LogP contribution in [0.25, 0.3) is 0 Å². The average molecular weight is 364 g/mol. The lowest BCUT2D eigenvalue weighted by Gasteiger charge is -2.13. The quantitative estimate of drug-likeness (QED) is 0.582. The van der Waals surface area contributed by atoms with Crippen molar-refractivity contribution in [2.24, 2.45) is 0 Å². The molecule has 0 radical (unpaired) electrons. The van der Waals surface area contributed by atoms with Crippen LogP contribution in [0.4, 0.5) is 0 Å². The molecule has 0 spiro atoms. The largest absolute Gasteiger partial charge is 0.493 e. The number of ether oxygens (including phenoxy) is 2. The molecule has 2 rings (SSSR count). The van der Waals surface area contributed by atoms with E-state index in [2.05, 4.69) is 55.6 Å². The predicted molar refractivity (Wildman–Crippen MR) is 107 cm³/mol. The second-order valence-electron chi connectivity index (χ2n) is 6.15. The van der Waals surface area contributed by atoms with Crippen LogP contribution in [0.3, 0.4) is 0 Å². The normalized spacial score (nSPS) is 10.2. The van der Waals surface area contributed by atoms with Gasteiger partial charge in [0.1, 0.15) is 6.61 Å². The number of methoxy groups -OCH3 is 1. The Hall–Kier alpha value is -1.71. The molecule has 2 aromatic rings. The van der Waals surface area contributed by atoms with Gasteiger partial charge < -0.3 is 14.8 Å². The Labute approximate surface area is 158 Å². The van der Waals surface area contributed by atoms with Gasteiger partial charge in [0.2, 0.25) is 0 Å². The number of aryl methyl sites for hydroxylation is 1. The minimum atomic E-state index is 0. The SMILES string of the molecule is CCCCCNCc1ccc(OCc2cccc(C)c2)c(OC)c1.Cl. The number of hydrogen-bond donors (Lipinski definition) is 1. The Bertz CT molecular complexity index is 631. The lowest BCUT2D eigenvalue weighted by molar-refractivity contribution is 0.284. The molecule has 0 unspecified atom stereocenters. The summed E-state index contributed by atoms with van der Waals surface area (Å²) in [7, 11) is 1.69. The van der Waals surface area contributed by atoms with E-state index in [0.717, 1.165) is 24.6 Å². The summed E-state index contributed by atoms with van der Waals surface area (Å²) in [6.45, 7) is 6.78. The van der Waals surface area contributed by atoms with Gasteiger partial charge in [0.25, 0.3) is 0 Å². The van der Waals surface area contributed by atoms with Gasteiger partial charge in [0.05, 0.1) is 7.11 Å². The van der Waals surface area contributed by atoms with Crippen LogP contribution in [0.5, 0.6) is 11.5 Å². The van der Waals surface area contributed by atoms with Crippen molar-refractivity contribution in [3.63, 3.8) is 0 Å². The number of halogens is 1. The number of unbranched alkanes of at least 4 members (excludes halogenated alkanes) is 2. The van der Waals surface area contributed by atoms with Crippen molar-refractivity contribution >= 4 is 12.4 Å². The summed E-state index contributed by atoms with van der Waals surface area (Å²) in [6.07, 6.45) is 3.76. The van der Waals surface area contributed by atoms with Crippen molar-refractivity contribution in [3.8, 4) is 11.5 Å².